The highest BCUT2D eigenvalue weighted by Crippen LogP contribution is 2.33. The fraction of sp³-hybridized carbons (Fsp3) is 0.111. The van der Waals surface area contributed by atoms with Crippen LogP contribution < -0.4 is 0 Å². The van der Waals surface area contributed by atoms with Crippen molar-refractivity contribution < 1.29 is 0 Å². The number of nitrogens with zero attached hydrogens (tertiary/aromatic N) is 2. The van der Waals surface area contributed by atoms with Crippen LogP contribution in [0.4, 0.5) is 0 Å². The summed E-state index contributed by atoms with van der Waals surface area (Å²) in [5.74, 6) is 0. The summed E-state index contributed by atoms with van der Waals surface area (Å²) in [4.78, 5) is 9.57. The molecule has 0 unspecified atom stereocenters. The molecule has 0 aliphatic carbocycles. The van der Waals surface area contributed by atoms with Gasteiger partial charge in [0.1, 0.15) is 5.01 Å². The molecule has 21 heavy (non-hydrogen) atoms. The van der Waals surface area contributed by atoms with E-state index in [1.807, 2.05) is 6.07 Å². The Hall–Kier alpha value is -2.26. The molecular formula is C18H14N2S. The van der Waals surface area contributed by atoms with Crippen LogP contribution in [-0.2, 0) is 6.42 Å². The molecule has 3 heteroatoms. The van der Waals surface area contributed by atoms with E-state index in [0.29, 0.717) is 0 Å². The third-order valence-corrected chi connectivity index (χ3v) is 4.73. The van der Waals surface area contributed by atoms with Crippen LogP contribution in [0.2, 0.25) is 0 Å². The Labute approximate surface area is 127 Å². The maximum atomic E-state index is 4.81. The summed E-state index contributed by atoms with van der Waals surface area (Å²) in [5, 5.41) is 2.21. The average molecular weight is 290 g/mol. The van der Waals surface area contributed by atoms with E-state index >= 15 is 0 Å². The molecule has 0 bridgehead atoms. The Bertz CT molecular complexity index is 907. The monoisotopic (exact) mass is 290 g/mol. The summed E-state index contributed by atoms with van der Waals surface area (Å²) in [7, 11) is 0. The molecule has 0 aliphatic heterocycles. The van der Waals surface area contributed by atoms with Gasteiger partial charge in [0.15, 0.2) is 0 Å². The lowest BCUT2D eigenvalue weighted by Crippen LogP contribution is -1.90. The Morgan fingerprint density at radius 3 is 2.67 bits per heavy atom. The van der Waals surface area contributed by atoms with Crippen molar-refractivity contribution in [2.75, 3.05) is 0 Å². The third kappa shape index (κ3) is 2.10. The molecule has 0 saturated heterocycles. The number of aromatic nitrogens is 2. The van der Waals surface area contributed by atoms with E-state index < -0.39 is 0 Å². The van der Waals surface area contributed by atoms with Crippen LogP contribution in [0.15, 0.2) is 54.6 Å². The molecule has 102 valence electrons. The number of benzene rings is 2. The summed E-state index contributed by atoms with van der Waals surface area (Å²) >= 11 is 1.73. The molecule has 0 amide bonds. The predicted molar refractivity (Wildman–Crippen MR) is 89.7 cm³/mol. The molecule has 2 heterocycles. The van der Waals surface area contributed by atoms with Crippen molar-refractivity contribution >= 4 is 32.5 Å². The van der Waals surface area contributed by atoms with Gasteiger partial charge in [-0.25, -0.2) is 4.98 Å². The lowest BCUT2D eigenvalue weighted by molar-refractivity contribution is 1.06. The summed E-state index contributed by atoms with van der Waals surface area (Å²) < 4.78 is 1.22. The second-order valence-corrected chi connectivity index (χ2v) is 6.05. The largest absolute Gasteiger partial charge is 0.252 e. The fourth-order valence-corrected chi connectivity index (χ4v) is 3.54. The van der Waals surface area contributed by atoms with E-state index in [-0.39, 0.29) is 0 Å². The van der Waals surface area contributed by atoms with Crippen molar-refractivity contribution in [2.45, 2.75) is 13.3 Å². The van der Waals surface area contributed by atoms with E-state index in [4.69, 9.17) is 9.97 Å². The molecule has 0 fully saturated rings. The standard InChI is InChI=1S/C18H14N2S/c1-2-13-11-10-12-6-5-7-14(17(12)19-13)18-20-15-8-3-4-9-16(15)21-18/h3-11H,2H2,1H3. The molecule has 0 spiro atoms. The molecular weight excluding hydrogens is 276 g/mol. The van der Waals surface area contributed by atoms with Crippen LogP contribution in [0.3, 0.4) is 0 Å². The minimum Gasteiger partial charge on any atom is -0.252 e. The van der Waals surface area contributed by atoms with Crippen LogP contribution in [0.5, 0.6) is 0 Å². The molecule has 0 aliphatic rings. The van der Waals surface area contributed by atoms with Crippen molar-refractivity contribution in [3.63, 3.8) is 0 Å². The van der Waals surface area contributed by atoms with Crippen LogP contribution in [0.25, 0.3) is 31.7 Å². The lowest BCUT2D eigenvalue weighted by Gasteiger charge is -2.04. The highest BCUT2D eigenvalue weighted by atomic mass is 32.1. The van der Waals surface area contributed by atoms with E-state index in [2.05, 4.69) is 55.5 Å². The maximum Gasteiger partial charge on any atom is 0.126 e. The van der Waals surface area contributed by atoms with Crippen molar-refractivity contribution in [2.24, 2.45) is 0 Å². The quantitative estimate of drug-likeness (QED) is 0.515. The predicted octanol–water partition coefficient (Wildman–Crippen LogP) is 5.07. The molecule has 2 aromatic carbocycles. The Balaban J connectivity index is 2.00. The topological polar surface area (TPSA) is 25.8 Å². The van der Waals surface area contributed by atoms with Gasteiger partial charge in [-0.3, -0.25) is 4.98 Å². The van der Waals surface area contributed by atoms with Crippen molar-refractivity contribution in [3.8, 4) is 10.6 Å². The number of aryl methyl sites for hydroxylation is 1. The lowest BCUT2D eigenvalue weighted by atomic mass is 10.1. The van der Waals surface area contributed by atoms with Crippen molar-refractivity contribution in [1.29, 1.82) is 0 Å². The molecule has 0 radical (unpaired) electrons. The fourth-order valence-electron chi connectivity index (χ4n) is 2.54. The second-order valence-electron chi connectivity index (χ2n) is 5.02. The number of fused-ring (bicyclic) bond motifs is 2. The number of thiazole rings is 1. The van der Waals surface area contributed by atoms with Crippen LogP contribution >= 0.6 is 11.3 Å². The smallest absolute Gasteiger partial charge is 0.126 e. The first-order valence-corrected chi connectivity index (χ1v) is 7.91. The van der Waals surface area contributed by atoms with Gasteiger partial charge in [0.2, 0.25) is 0 Å². The second kappa shape index (κ2) is 4.93. The van der Waals surface area contributed by atoms with E-state index in [1.54, 1.807) is 11.3 Å². The zero-order valence-corrected chi connectivity index (χ0v) is 12.5. The SMILES string of the molecule is CCc1ccc2cccc(-c3nc4ccccc4s3)c2n1. The Morgan fingerprint density at radius 2 is 1.81 bits per heavy atom. The van der Waals surface area contributed by atoms with Gasteiger partial charge in [-0.2, -0.15) is 0 Å². The summed E-state index contributed by atoms with van der Waals surface area (Å²) in [6.07, 6.45) is 0.949. The molecule has 4 rings (SSSR count). The minimum absolute atomic E-state index is 0.949. The van der Waals surface area contributed by atoms with Gasteiger partial charge in [-0.05, 0) is 30.7 Å². The number of para-hydroxylation sites is 2. The average Bonchev–Trinajstić information content (AvgIpc) is 2.97. The van der Waals surface area contributed by atoms with E-state index in [1.165, 1.54) is 10.1 Å². The normalized spacial score (nSPS) is 11.3. The van der Waals surface area contributed by atoms with Crippen LogP contribution in [0, 0.1) is 0 Å². The number of hydrogen-bond acceptors (Lipinski definition) is 3. The number of pyridine rings is 1. The van der Waals surface area contributed by atoms with Crippen molar-refractivity contribution in [1.82, 2.24) is 9.97 Å². The van der Waals surface area contributed by atoms with Crippen LogP contribution in [0.1, 0.15) is 12.6 Å². The van der Waals surface area contributed by atoms with Gasteiger partial charge in [-0.15, -0.1) is 11.3 Å². The molecule has 2 aromatic heterocycles. The van der Waals surface area contributed by atoms with Crippen LogP contribution in [-0.4, -0.2) is 9.97 Å². The van der Waals surface area contributed by atoms with Gasteiger partial charge < -0.3 is 0 Å². The Kier molecular flexibility index (Phi) is 2.93. The summed E-state index contributed by atoms with van der Waals surface area (Å²) in [6, 6.07) is 18.8. The molecule has 0 atom stereocenters. The third-order valence-electron chi connectivity index (χ3n) is 3.66. The van der Waals surface area contributed by atoms with E-state index in [0.717, 1.165) is 33.7 Å². The zero-order valence-electron chi connectivity index (χ0n) is 11.7. The van der Waals surface area contributed by atoms with Gasteiger partial charge >= 0.3 is 0 Å². The number of rotatable bonds is 2. The summed E-state index contributed by atoms with van der Waals surface area (Å²) in [6.45, 7) is 2.13. The molecule has 0 N–H and O–H groups in total. The first kappa shape index (κ1) is 12.5. The number of hydrogen-bond donors (Lipinski definition) is 0. The highest BCUT2D eigenvalue weighted by molar-refractivity contribution is 7.21. The van der Waals surface area contributed by atoms with Gasteiger partial charge in [-0.1, -0.05) is 37.3 Å². The summed E-state index contributed by atoms with van der Waals surface area (Å²) in [5.41, 5.74) is 4.36. The van der Waals surface area contributed by atoms with Gasteiger partial charge in [0, 0.05) is 16.6 Å². The highest BCUT2D eigenvalue weighted by Gasteiger charge is 2.10. The minimum atomic E-state index is 0.949. The van der Waals surface area contributed by atoms with Gasteiger partial charge in [0.25, 0.3) is 0 Å². The molecule has 4 aromatic rings. The Morgan fingerprint density at radius 1 is 0.905 bits per heavy atom. The van der Waals surface area contributed by atoms with Gasteiger partial charge in [0.05, 0.1) is 15.7 Å². The maximum absolute atomic E-state index is 4.81. The molecule has 0 saturated carbocycles. The first-order valence-electron chi connectivity index (χ1n) is 7.10. The first-order chi connectivity index (χ1) is 10.3. The van der Waals surface area contributed by atoms with Crippen molar-refractivity contribution in [3.05, 3.63) is 60.3 Å². The molecule has 2 nitrogen and oxygen atoms in total. The van der Waals surface area contributed by atoms with E-state index in [9.17, 15) is 0 Å². The zero-order chi connectivity index (χ0) is 14.2.